The number of carbonyl (C=O) groups is 1. The number of amides is 1. The van der Waals surface area contributed by atoms with Gasteiger partial charge in [0.15, 0.2) is 0 Å². The maximum absolute atomic E-state index is 11.6. The zero-order valence-corrected chi connectivity index (χ0v) is 14.6. The van der Waals surface area contributed by atoms with Crippen LogP contribution in [0.15, 0.2) is 46.9 Å². The van der Waals surface area contributed by atoms with Crippen LogP contribution in [-0.2, 0) is 11.2 Å². The third-order valence-electron chi connectivity index (χ3n) is 4.45. The van der Waals surface area contributed by atoms with E-state index >= 15 is 0 Å². The summed E-state index contributed by atoms with van der Waals surface area (Å²) < 4.78 is 1.03. The molecule has 0 bridgehead atoms. The lowest BCUT2D eigenvalue weighted by atomic mass is 9.93. The molecule has 0 saturated heterocycles. The van der Waals surface area contributed by atoms with E-state index in [0.29, 0.717) is 6.54 Å². The van der Waals surface area contributed by atoms with Gasteiger partial charge in [-0.2, -0.15) is 0 Å². The highest BCUT2D eigenvalue weighted by molar-refractivity contribution is 9.10. The van der Waals surface area contributed by atoms with E-state index in [1.165, 1.54) is 5.56 Å². The third-order valence-corrected chi connectivity index (χ3v) is 5.21. The Balaban J connectivity index is 1.92. The van der Waals surface area contributed by atoms with Crippen molar-refractivity contribution in [3.63, 3.8) is 0 Å². The van der Waals surface area contributed by atoms with Crippen molar-refractivity contribution in [3.8, 4) is 0 Å². The van der Waals surface area contributed by atoms with Crippen LogP contribution < -0.4 is 0 Å². The first-order chi connectivity index (χ1) is 11.2. The minimum atomic E-state index is -0.0875. The Kier molecular flexibility index (Phi) is 3.66. The Hall–Kier alpha value is -1.78. The van der Waals surface area contributed by atoms with Crippen molar-refractivity contribution in [1.29, 1.82) is 0 Å². The summed E-state index contributed by atoms with van der Waals surface area (Å²) in [5.41, 5.74) is 4.50. The molecule has 4 rings (SSSR count). The number of H-pyrrole nitrogens is 1. The number of aromatic amines is 1. The van der Waals surface area contributed by atoms with Crippen molar-refractivity contribution in [2.24, 2.45) is 0 Å². The smallest absolute Gasteiger partial charge is 0.210 e. The molecule has 2 aromatic carbocycles. The van der Waals surface area contributed by atoms with Crippen molar-refractivity contribution in [1.82, 2.24) is 9.88 Å². The number of fused-ring (bicyclic) bond motifs is 3. The highest BCUT2D eigenvalue weighted by Gasteiger charge is 2.30. The lowest BCUT2D eigenvalue weighted by Gasteiger charge is -2.33. The summed E-state index contributed by atoms with van der Waals surface area (Å²) in [6.45, 7) is 0.705. The third kappa shape index (κ3) is 2.46. The van der Waals surface area contributed by atoms with Crippen LogP contribution in [0.5, 0.6) is 0 Å². The molecule has 1 amide bonds. The van der Waals surface area contributed by atoms with Crippen LogP contribution in [0.4, 0.5) is 0 Å². The van der Waals surface area contributed by atoms with E-state index in [-0.39, 0.29) is 6.04 Å². The molecule has 1 aliphatic rings. The van der Waals surface area contributed by atoms with Gasteiger partial charge in [0.25, 0.3) is 0 Å². The summed E-state index contributed by atoms with van der Waals surface area (Å²) in [7, 11) is 0. The molecule has 1 aromatic heterocycles. The molecular formula is C18H14BrClN2O. The normalized spacial score (nSPS) is 17.3. The number of nitrogens with one attached hydrogen (secondary N) is 1. The summed E-state index contributed by atoms with van der Waals surface area (Å²) in [4.78, 5) is 16.9. The van der Waals surface area contributed by atoms with Crippen LogP contribution in [0.3, 0.4) is 0 Å². The van der Waals surface area contributed by atoms with E-state index < -0.39 is 0 Å². The lowest BCUT2D eigenvalue weighted by molar-refractivity contribution is -0.120. The number of benzene rings is 2. The number of hydrogen-bond acceptors (Lipinski definition) is 1. The molecule has 116 valence electrons. The molecule has 3 nitrogen and oxygen atoms in total. The molecule has 5 heteroatoms. The topological polar surface area (TPSA) is 36.1 Å². The molecule has 0 radical (unpaired) electrons. The van der Waals surface area contributed by atoms with Gasteiger partial charge in [-0.15, -0.1) is 0 Å². The minimum absolute atomic E-state index is 0.0875. The summed E-state index contributed by atoms with van der Waals surface area (Å²) in [6.07, 6.45) is 1.77. The van der Waals surface area contributed by atoms with E-state index in [9.17, 15) is 4.79 Å². The molecule has 1 aliphatic heterocycles. The number of aromatic nitrogens is 1. The highest BCUT2D eigenvalue weighted by atomic mass is 79.9. The molecular weight excluding hydrogens is 376 g/mol. The number of nitrogens with zero attached hydrogens (tertiary/aromatic N) is 1. The number of rotatable bonds is 2. The van der Waals surface area contributed by atoms with Gasteiger partial charge in [0.1, 0.15) is 0 Å². The standard InChI is InChI=1S/C18H14BrClN2O/c19-12-3-1-11(2-4-12)18-17-14(7-8-22(18)10-23)15-9-13(20)5-6-16(15)21-17/h1-6,9-10,18,21H,7-8H2. The molecule has 1 N–H and O–H groups in total. The molecule has 2 heterocycles. The Bertz CT molecular complexity index is 888. The number of carbonyl (C=O) groups excluding carboxylic acids is 1. The first-order valence-electron chi connectivity index (χ1n) is 7.44. The van der Waals surface area contributed by atoms with Crippen molar-refractivity contribution < 1.29 is 4.79 Å². The second kappa shape index (κ2) is 5.69. The Morgan fingerprint density at radius 1 is 1.22 bits per heavy atom. The monoisotopic (exact) mass is 388 g/mol. The van der Waals surface area contributed by atoms with Crippen LogP contribution >= 0.6 is 27.5 Å². The first-order valence-corrected chi connectivity index (χ1v) is 8.61. The fourth-order valence-electron chi connectivity index (χ4n) is 3.40. The predicted molar refractivity (Wildman–Crippen MR) is 95.8 cm³/mol. The minimum Gasteiger partial charge on any atom is -0.356 e. The van der Waals surface area contributed by atoms with Gasteiger partial charge in [0.2, 0.25) is 6.41 Å². The van der Waals surface area contributed by atoms with Crippen LogP contribution in [0.25, 0.3) is 10.9 Å². The lowest BCUT2D eigenvalue weighted by Crippen LogP contribution is -2.34. The predicted octanol–water partition coefficient (Wildman–Crippen LogP) is 4.69. The van der Waals surface area contributed by atoms with E-state index in [2.05, 4.69) is 33.0 Å². The summed E-state index contributed by atoms with van der Waals surface area (Å²) in [5, 5.41) is 1.89. The quantitative estimate of drug-likeness (QED) is 0.634. The van der Waals surface area contributed by atoms with Crippen LogP contribution in [0.1, 0.15) is 22.9 Å². The molecule has 0 saturated carbocycles. The van der Waals surface area contributed by atoms with Gasteiger partial charge < -0.3 is 9.88 Å². The molecule has 0 aliphatic carbocycles. The van der Waals surface area contributed by atoms with Crippen LogP contribution in [0.2, 0.25) is 5.02 Å². The van der Waals surface area contributed by atoms with Gasteiger partial charge in [-0.1, -0.05) is 39.7 Å². The fraction of sp³-hybridized carbons (Fsp3) is 0.167. The summed E-state index contributed by atoms with van der Waals surface area (Å²) >= 11 is 9.62. The molecule has 3 aromatic rings. The second-order valence-electron chi connectivity index (χ2n) is 5.75. The Morgan fingerprint density at radius 2 is 2.00 bits per heavy atom. The number of halogens is 2. The molecule has 1 atom stereocenters. The first kappa shape index (κ1) is 14.8. The van der Waals surface area contributed by atoms with Crippen molar-refractivity contribution in [2.45, 2.75) is 12.5 Å². The molecule has 0 spiro atoms. The zero-order chi connectivity index (χ0) is 16.0. The maximum atomic E-state index is 11.6. The van der Waals surface area contributed by atoms with E-state index in [4.69, 9.17) is 11.6 Å². The van der Waals surface area contributed by atoms with E-state index in [0.717, 1.165) is 44.5 Å². The average Bonchev–Trinajstić information content (AvgIpc) is 2.92. The van der Waals surface area contributed by atoms with Crippen LogP contribution in [-0.4, -0.2) is 22.8 Å². The summed E-state index contributed by atoms with van der Waals surface area (Å²) in [6, 6.07) is 13.9. The molecule has 23 heavy (non-hydrogen) atoms. The van der Waals surface area contributed by atoms with Gasteiger partial charge in [0, 0.05) is 32.6 Å². The SMILES string of the molecule is O=CN1CCc2c([nH]c3ccc(Cl)cc23)C1c1ccc(Br)cc1. The van der Waals surface area contributed by atoms with Crippen LogP contribution in [0, 0.1) is 0 Å². The van der Waals surface area contributed by atoms with Crippen molar-refractivity contribution in [3.05, 3.63) is 68.8 Å². The van der Waals surface area contributed by atoms with E-state index in [1.54, 1.807) is 0 Å². The summed E-state index contributed by atoms with van der Waals surface area (Å²) in [5.74, 6) is 0. The second-order valence-corrected chi connectivity index (χ2v) is 7.11. The van der Waals surface area contributed by atoms with Gasteiger partial charge in [0.05, 0.1) is 6.04 Å². The Labute approximate surface area is 147 Å². The average molecular weight is 390 g/mol. The molecule has 1 unspecified atom stereocenters. The zero-order valence-electron chi connectivity index (χ0n) is 12.2. The van der Waals surface area contributed by atoms with Crippen molar-refractivity contribution in [2.75, 3.05) is 6.54 Å². The maximum Gasteiger partial charge on any atom is 0.210 e. The van der Waals surface area contributed by atoms with Gasteiger partial charge in [-0.3, -0.25) is 4.79 Å². The highest BCUT2D eigenvalue weighted by Crippen LogP contribution is 2.38. The largest absolute Gasteiger partial charge is 0.356 e. The van der Waals surface area contributed by atoms with E-state index in [1.807, 2.05) is 35.2 Å². The van der Waals surface area contributed by atoms with Gasteiger partial charge in [-0.25, -0.2) is 0 Å². The number of hydrogen-bond donors (Lipinski definition) is 1. The van der Waals surface area contributed by atoms with Gasteiger partial charge in [-0.05, 0) is 47.9 Å². The molecule has 0 fully saturated rings. The fourth-order valence-corrected chi connectivity index (χ4v) is 3.83. The van der Waals surface area contributed by atoms with Gasteiger partial charge >= 0.3 is 0 Å². The van der Waals surface area contributed by atoms with Crippen molar-refractivity contribution >= 4 is 44.8 Å². The Morgan fingerprint density at radius 3 is 2.74 bits per heavy atom.